The molecule has 1 unspecified atom stereocenters. The molecule has 0 fully saturated rings. The van der Waals surface area contributed by atoms with Crippen molar-refractivity contribution in [1.29, 1.82) is 5.26 Å². The predicted molar refractivity (Wildman–Crippen MR) is 221 cm³/mol. The molecule has 0 radical (unpaired) electrons. The van der Waals surface area contributed by atoms with Gasteiger partial charge in [0.25, 0.3) is 11.8 Å². The van der Waals surface area contributed by atoms with Crippen LogP contribution >= 0.6 is 23.1 Å². The van der Waals surface area contributed by atoms with E-state index in [9.17, 15) is 24.4 Å². The molecule has 4 aromatic carbocycles. The lowest BCUT2D eigenvalue weighted by atomic mass is 10.0. The van der Waals surface area contributed by atoms with Gasteiger partial charge in [0.05, 0.1) is 12.1 Å². The fourth-order valence-corrected chi connectivity index (χ4v) is 8.30. The number of carbonyl (C=O) groups excluding carboxylic acids is 4. The number of nitriles is 1. The predicted octanol–water partition coefficient (Wildman–Crippen LogP) is 9.10. The SMILES string of the molecule is Cc1ccccc1/C=C(\NC(=O)c1ccccc1)C(=O)Nc1cccc(SC(C(=O)Nc2sc3c(c2C#N)CCN(C(=O)OC(C)(C)C)C3)c2ccccc2)c1. The van der Waals surface area contributed by atoms with Gasteiger partial charge in [0, 0.05) is 27.6 Å². The summed E-state index contributed by atoms with van der Waals surface area (Å²) in [5, 5.41) is 18.6. The molecular weight excluding hydrogens is 743 g/mol. The Hall–Kier alpha value is -6.16. The number of anilines is 2. The Kier molecular flexibility index (Phi) is 12.4. The summed E-state index contributed by atoms with van der Waals surface area (Å²) >= 11 is 2.59. The summed E-state index contributed by atoms with van der Waals surface area (Å²) in [4.78, 5) is 57.1. The zero-order valence-corrected chi connectivity index (χ0v) is 33.1. The normalized spacial score (nSPS) is 13.1. The molecule has 6 rings (SSSR count). The first kappa shape index (κ1) is 39.5. The van der Waals surface area contributed by atoms with Crippen LogP contribution in [0.3, 0.4) is 0 Å². The van der Waals surface area contributed by atoms with Gasteiger partial charge in [-0.05, 0) is 92.8 Å². The summed E-state index contributed by atoms with van der Waals surface area (Å²) in [5.41, 5.74) is 3.98. The summed E-state index contributed by atoms with van der Waals surface area (Å²) in [7, 11) is 0. The van der Waals surface area contributed by atoms with E-state index in [1.54, 1.807) is 53.4 Å². The van der Waals surface area contributed by atoms with Gasteiger partial charge in [-0.1, -0.05) is 78.9 Å². The number of carbonyl (C=O) groups is 4. The van der Waals surface area contributed by atoms with Gasteiger partial charge in [-0.15, -0.1) is 23.1 Å². The van der Waals surface area contributed by atoms with E-state index in [1.807, 2.05) is 94.4 Å². The number of rotatable bonds is 10. The number of nitrogens with zero attached hydrogens (tertiary/aromatic N) is 2. The zero-order valence-electron chi connectivity index (χ0n) is 31.4. The van der Waals surface area contributed by atoms with Gasteiger partial charge in [0.1, 0.15) is 27.6 Å². The van der Waals surface area contributed by atoms with Gasteiger partial charge in [0.15, 0.2) is 0 Å². The van der Waals surface area contributed by atoms with E-state index >= 15 is 0 Å². The lowest BCUT2D eigenvalue weighted by molar-refractivity contribution is -0.116. The summed E-state index contributed by atoms with van der Waals surface area (Å²) in [6.07, 6.45) is 1.69. The van der Waals surface area contributed by atoms with Gasteiger partial charge >= 0.3 is 6.09 Å². The summed E-state index contributed by atoms with van der Waals surface area (Å²) in [6.45, 7) is 8.06. The van der Waals surface area contributed by atoms with Gasteiger partial charge in [-0.3, -0.25) is 14.4 Å². The monoisotopic (exact) mass is 783 g/mol. The number of aryl methyl sites for hydroxylation is 1. The number of ether oxygens (including phenoxy) is 1. The highest BCUT2D eigenvalue weighted by atomic mass is 32.2. The molecule has 5 aromatic rings. The summed E-state index contributed by atoms with van der Waals surface area (Å²) in [5.74, 6) is -1.28. The van der Waals surface area contributed by atoms with Crippen molar-refractivity contribution in [1.82, 2.24) is 10.2 Å². The summed E-state index contributed by atoms with van der Waals surface area (Å²) < 4.78 is 5.57. The standard InChI is InChI=1S/C44H41N5O5S2/c1-28-14-11-12-19-31(28)24-36(47-39(50)30-17-9-6-10-18-30)40(51)46-32-20-13-21-33(25-32)55-38(29-15-7-5-8-16-29)41(52)48-42-35(26-45)34-22-23-49(27-37(34)56-42)43(53)54-44(2,3)4/h5-21,24-25,38H,22-23,27H2,1-4H3,(H,46,51)(H,47,50)(H,48,52)/b36-24-. The van der Waals surface area contributed by atoms with Crippen molar-refractivity contribution >= 4 is 63.7 Å². The molecule has 1 aliphatic rings. The van der Waals surface area contributed by atoms with E-state index in [-0.39, 0.29) is 18.1 Å². The molecule has 1 aromatic heterocycles. The number of thiophene rings is 1. The van der Waals surface area contributed by atoms with Crippen molar-refractivity contribution in [2.24, 2.45) is 0 Å². The molecule has 2 heterocycles. The number of amides is 4. The van der Waals surface area contributed by atoms with E-state index in [0.29, 0.717) is 39.7 Å². The van der Waals surface area contributed by atoms with Crippen LogP contribution in [0.2, 0.25) is 0 Å². The van der Waals surface area contributed by atoms with Crippen LogP contribution in [-0.4, -0.2) is 40.9 Å². The minimum atomic E-state index is -0.729. The maximum Gasteiger partial charge on any atom is 0.410 e. The minimum absolute atomic E-state index is 0.0638. The Labute approximate surface area is 334 Å². The van der Waals surface area contributed by atoms with Crippen LogP contribution in [0.25, 0.3) is 6.08 Å². The Balaban J connectivity index is 1.22. The Bertz CT molecular complexity index is 2330. The van der Waals surface area contributed by atoms with Gasteiger partial charge in [-0.2, -0.15) is 5.26 Å². The molecule has 10 nitrogen and oxygen atoms in total. The first-order valence-corrected chi connectivity index (χ1v) is 19.7. The lowest BCUT2D eigenvalue weighted by Crippen LogP contribution is -2.39. The number of fused-ring (bicyclic) bond motifs is 1. The van der Waals surface area contributed by atoms with Crippen molar-refractivity contribution in [3.05, 3.63) is 153 Å². The molecule has 3 N–H and O–H groups in total. The molecule has 0 spiro atoms. The van der Waals surface area contributed by atoms with E-state index in [1.165, 1.54) is 23.1 Å². The fraction of sp³-hybridized carbons (Fsp3) is 0.205. The van der Waals surface area contributed by atoms with Crippen LogP contribution in [0.5, 0.6) is 0 Å². The van der Waals surface area contributed by atoms with Crippen molar-refractivity contribution in [3.63, 3.8) is 0 Å². The van der Waals surface area contributed by atoms with E-state index in [4.69, 9.17) is 4.74 Å². The third-order valence-corrected chi connectivity index (χ3v) is 11.1. The minimum Gasteiger partial charge on any atom is -0.444 e. The topological polar surface area (TPSA) is 141 Å². The number of nitrogens with one attached hydrogen (secondary N) is 3. The molecule has 284 valence electrons. The van der Waals surface area contributed by atoms with E-state index < -0.39 is 28.8 Å². The largest absolute Gasteiger partial charge is 0.444 e. The fourth-order valence-electron chi connectivity index (χ4n) is 6.00. The third kappa shape index (κ3) is 9.92. The smallest absolute Gasteiger partial charge is 0.410 e. The first-order valence-electron chi connectivity index (χ1n) is 18.0. The van der Waals surface area contributed by atoms with Crippen LogP contribution in [0, 0.1) is 18.3 Å². The second-order valence-electron chi connectivity index (χ2n) is 14.1. The van der Waals surface area contributed by atoms with Gasteiger partial charge < -0.3 is 25.6 Å². The maximum absolute atomic E-state index is 14.2. The second kappa shape index (κ2) is 17.5. The van der Waals surface area contributed by atoms with Crippen molar-refractivity contribution in [2.75, 3.05) is 17.2 Å². The van der Waals surface area contributed by atoms with E-state index in [0.717, 1.165) is 27.1 Å². The number of hydrogen-bond acceptors (Lipinski definition) is 8. The quantitative estimate of drug-likeness (QED) is 0.0948. The number of thioether (sulfide) groups is 1. The molecule has 0 saturated carbocycles. The maximum atomic E-state index is 14.2. The Morgan fingerprint density at radius 1 is 0.911 bits per heavy atom. The Morgan fingerprint density at radius 3 is 2.30 bits per heavy atom. The van der Waals surface area contributed by atoms with Gasteiger partial charge in [-0.25, -0.2) is 4.79 Å². The molecule has 0 saturated heterocycles. The highest BCUT2D eigenvalue weighted by molar-refractivity contribution is 8.00. The molecule has 12 heteroatoms. The molecular formula is C44H41N5O5S2. The molecule has 4 amide bonds. The zero-order chi connectivity index (χ0) is 39.8. The molecule has 1 aliphatic heterocycles. The first-order chi connectivity index (χ1) is 26.9. The molecule has 56 heavy (non-hydrogen) atoms. The Morgan fingerprint density at radius 2 is 1.61 bits per heavy atom. The second-order valence-corrected chi connectivity index (χ2v) is 16.4. The van der Waals surface area contributed by atoms with Crippen LogP contribution in [-0.2, 0) is 27.3 Å². The third-order valence-electron chi connectivity index (χ3n) is 8.76. The van der Waals surface area contributed by atoms with Crippen molar-refractivity contribution in [3.8, 4) is 6.07 Å². The van der Waals surface area contributed by atoms with Gasteiger partial charge in [0.2, 0.25) is 5.91 Å². The van der Waals surface area contributed by atoms with Crippen LogP contribution in [0.4, 0.5) is 15.5 Å². The van der Waals surface area contributed by atoms with E-state index in [2.05, 4.69) is 22.0 Å². The number of hydrogen-bond donors (Lipinski definition) is 3. The van der Waals surface area contributed by atoms with Crippen molar-refractivity contribution in [2.45, 2.75) is 56.4 Å². The highest BCUT2D eigenvalue weighted by Gasteiger charge is 2.31. The van der Waals surface area contributed by atoms with Crippen molar-refractivity contribution < 1.29 is 23.9 Å². The molecule has 0 aliphatic carbocycles. The lowest BCUT2D eigenvalue weighted by Gasteiger charge is -2.29. The molecule has 1 atom stereocenters. The average molecular weight is 784 g/mol. The summed E-state index contributed by atoms with van der Waals surface area (Å²) in [6, 6.07) is 34.9. The average Bonchev–Trinajstić information content (AvgIpc) is 3.53. The van der Waals surface area contributed by atoms with Crippen LogP contribution in [0.15, 0.2) is 120 Å². The van der Waals surface area contributed by atoms with Crippen LogP contribution < -0.4 is 16.0 Å². The highest BCUT2D eigenvalue weighted by Crippen LogP contribution is 2.41. The number of benzene rings is 4. The van der Waals surface area contributed by atoms with Crippen LogP contribution in [0.1, 0.15) is 69.1 Å². The molecule has 0 bridgehead atoms.